The second-order valence-electron chi connectivity index (χ2n) is 8.90. The first-order chi connectivity index (χ1) is 15.9. The highest BCUT2D eigenvalue weighted by molar-refractivity contribution is 7.10. The number of amides is 3. The van der Waals surface area contributed by atoms with Gasteiger partial charge in [-0.2, -0.15) is 0 Å². The summed E-state index contributed by atoms with van der Waals surface area (Å²) < 4.78 is 6.11. The highest BCUT2D eigenvalue weighted by Crippen LogP contribution is 2.34. The Bertz CT molecular complexity index is 912. The number of aryl methyl sites for hydroxylation is 1. The normalized spacial score (nSPS) is 16.1. The van der Waals surface area contributed by atoms with Gasteiger partial charge in [0.1, 0.15) is 18.9 Å². The smallest absolute Gasteiger partial charge is 0.317 e. The van der Waals surface area contributed by atoms with Crippen LogP contribution in [0.4, 0.5) is 4.79 Å². The molecule has 0 bridgehead atoms. The maximum absolute atomic E-state index is 13.5. The fraction of sp³-hybridized carbons (Fsp3) is 0.538. The predicted octanol–water partition coefficient (Wildman–Crippen LogP) is 5.03. The minimum absolute atomic E-state index is 0.0284. The zero-order valence-electron chi connectivity index (χ0n) is 20.3. The number of hydrogen-bond donors (Lipinski definition) is 1. The van der Waals surface area contributed by atoms with Gasteiger partial charge in [0.2, 0.25) is 5.91 Å². The van der Waals surface area contributed by atoms with Crippen molar-refractivity contribution in [1.82, 2.24) is 15.1 Å². The number of nitrogens with zero attached hydrogens (tertiary/aromatic N) is 2. The molecule has 0 fully saturated rings. The average molecular weight is 472 g/mol. The molecule has 6 nitrogen and oxygen atoms in total. The zero-order valence-corrected chi connectivity index (χ0v) is 21.1. The lowest BCUT2D eigenvalue weighted by Crippen LogP contribution is -2.50. The van der Waals surface area contributed by atoms with Gasteiger partial charge in [-0.3, -0.25) is 4.79 Å². The number of ether oxygens (including phenoxy) is 1. The van der Waals surface area contributed by atoms with E-state index in [-0.39, 0.29) is 24.5 Å². The fourth-order valence-electron chi connectivity index (χ4n) is 4.01. The molecule has 0 aliphatic carbocycles. The van der Waals surface area contributed by atoms with Crippen molar-refractivity contribution in [3.8, 4) is 5.75 Å². The molecule has 7 heteroatoms. The van der Waals surface area contributed by atoms with E-state index in [0.29, 0.717) is 32.2 Å². The number of nitrogens with one attached hydrogen (secondary N) is 1. The molecule has 1 aliphatic rings. The van der Waals surface area contributed by atoms with E-state index in [4.69, 9.17) is 4.74 Å². The van der Waals surface area contributed by atoms with E-state index in [9.17, 15) is 9.59 Å². The maximum Gasteiger partial charge on any atom is 0.317 e. The lowest BCUT2D eigenvalue weighted by Gasteiger charge is -2.37. The van der Waals surface area contributed by atoms with E-state index in [1.807, 2.05) is 43.0 Å². The van der Waals surface area contributed by atoms with Crippen LogP contribution < -0.4 is 10.1 Å². The highest BCUT2D eigenvalue weighted by atomic mass is 32.1. The van der Waals surface area contributed by atoms with Crippen LogP contribution >= 0.6 is 11.3 Å². The molecule has 2 heterocycles. The molecule has 1 aliphatic heterocycles. The third-order valence-corrected chi connectivity index (χ3v) is 7.21. The number of urea groups is 1. The number of hydrogen-bond acceptors (Lipinski definition) is 4. The Morgan fingerprint density at radius 3 is 2.70 bits per heavy atom. The molecule has 3 amide bonds. The van der Waals surface area contributed by atoms with Gasteiger partial charge in [0, 0.05) is 24.5 Å². The second-order valence-corrected chi connectivity index (χ2v) is 9.90. The molecule has 0 radical (unpaired) electrons. The van der Waals surface area contributed by atoms with Crippen LogP contribution in [0.2, 0.25) is 0 Å². The van der Waals surface area contributed by atoms with Gasteiger partial charge in [-0.1, -0.05) is 44.9 Å². The first-order valence-corrected chi connectivity index (χ1v) is 12.9. The third kappa shape index (κ3) is 6.73. The molecule has 2 aromatic rings. The number of rotatable bonds is 10. The quantitative estimate of drug-likeness (QED) is 0.529. The summed E-state index contributed by atoms with van der Waals surface area (Å²) in [5.41, 5.74) is 2.34. The van der Waals surface area contributed by atoms with Gasteiger partial charge in [-0.05, 0) is 54.8 Å². The Kier molecular flexibility index (Phi) is 9.18. The molecular weight excluding hydrogens is 434 g/mol. The van der Waals surface area contributed by atoms with E-state index in [1.165, 1.54) is 10.4 Å². The Morgan fingerprint density at radius 1 is 1.24 bits per heavy atom. The summed E-state index contributed by atoms with van der Waals surface area (Å²) in [7, 11) is 0. The van der Waals surface area contributed by atoms with Crippen molar-refractivity contribution in [2.75, 3.05) is 32.8 Å². The molecule has 1 N–H and O–H groups in total. The standard InChI is InChI=1S/C26H37N3O3S/c1-5-13-27-26(31)28(16-19(3)6-2)17-25(30)29-14-11-24-22(12-15-33-24)23(29)18-32-21-9-7-20(4)8-10-21/h7-10,12,15,19,23H,5-6,11,13-14,16-18H2,1-4H3,(H,27,31)/t19-,23-/m0/s1. The number of benzene rings is 1. The summed E-state index contributed by atoms with van der Waals surface area (Å²) in [4.78, 5) is 31.2. The molecule has 0 unspecified atom stereocenters. The molecule has 0 spiro atoms. The SMILES string of the molecule is CCCNC(=O)N(CC(=O)N1CCc2sccc2[C@@H]1COc1ccc(C)cc1)C[C@@H](C)CC. The molecule has 0 saturated carbocycles. The number of thiophene rings is 1. The van der Waals surface area contributed by atoms with Crippen LogP contribution in [-0.4, -0.2) is 54.5 Å². The molecule has 1 aromatic carbocycles. The van der Waals surface area contributed by atoms with Crippen molar-refractivity contribution in [2.45, 2.75) is 53.0 Å². The molecule has 180 valence electrons. The molecule has 1 aromatic heterocycles. The lowest BCUT2D eigenvalue weighted by molar-refractivity contribution is -0.135. The highest BCUT2D eigenvalue weighted by Gasteiger charge is 2.33. The van der Waals surface area contributed by atoms with Crippen LogP contribution in [0.5, 0.6) is 5.75 Å². The fourth-order valence-corrected chi connectivity index (χ4v) is 4.93. The van der Waals surface area contributed by atoms with Crippen LogP contribution in [0.1, 0.15) is 55.7 Å². The van der Waals surface area contributed by atoms with Gasteiger partial charge in [0.25, 0.3) is 0 Å². The van der Waals surface area contributed by atoms with Gasteiger partial charge in [0.15, 0.2) is 0 Å². The van der Waals surface area contributed by atoms with Crippen LogP contribution in [0.15, 0.2) is 35.7 Å². The monoisotopic (exact) mass is 471 g/mol. The van der Waals surface area contributed by atoms with E-state index in [0.717, 1.165) is 30.6 Å². The van der Waals surface area contributed by atoms with Crippen LogP contribution in [0.3, 0.4) is 0 Å². The summed E-state index contributed by atoms with van der Waals surface area (Å²) in [6.07, 6.45) is 2.66. The average Bonchev–Trinajstić information content (AvgIpc) is 3.30. The van der Waals surface area contributed by atoms with Crippen molar-refractivity contribution in [3.63, 3.8) is 0 Å². The van der Waals surface area contributed by atoms with E-state index in [2.05, 4.69) is 30.6 Å². The topological polar surface area (TPSA) is 61.9 Å². The summed E-state index contributed by atoms with van der Waals surface area (Å²) in [6.45, 7) is 10.6. The predicted molar refractivity (Wildman–Crippen MR) is 134 cm³/mol. The van der Waals surface area contributed by atoms with Crippen molar-refractivity contribution >= 4 is 23.3 Å². The van der Waals surface area contributed by atoms with Gasteiger partial charge in [0.05, 0.1) is 6.04 Å². The van der Waals surface area contributed by atoms with E-state index >= 15 is 0 Å². The van der Waals surface area contributed by atoms with Gasteiger partial charge in [-0.25, -0.2) is 4.79 Å². The molecule has 3 rings (SSSR count). The first kappa shape index (κ1) is 25.1. The lowest BCUT2D eigenvalue weighted by atomic mass is 10.00. The van der Waals surface area contributed by atoms with Crippen LogP contribution in [-0.2, 0) is 11.2 Å². The Balaban J connectivity index is 1.74. The Labute approximate surface area is 201 Å². The number of fused-ring (bicyclic) bond motifs is 1. The maximum atomic E-state index is 13.5. The zero-order chi connectivity index (χ0) is 23.8. The first-order valence-electron chi connectivity index (χ1n) is 12.0. The minimum Gasteiger partial charge on any atom is -0.491 e. The molecule has 2 atom stereocenters. The summed E-state index contributed by atoms with van der Waals surface area (Å²) in [6, 6.07) is 9.76. The second kappa shape index (κ2) is 12.1. The molecular formula is C26H37N3O3S. The Hall–Kier alpha value is -2.54. The van der Waals surface area contributed by atoms with Crippen molar-refractivity contribution in [2.24, 2.45) is 5.92 Å². The van der Waals surface area contributed by atoms with Crippen molar-refractivity contribution < 1.29 is 14.3 Å². The number of carbonyl (C=O) groups is 2. The minimum atomic E-state index is -0.161. The Morgan fingerprint density at radius 2 is 2.00 bits per heavy atom. The molecule has 33 heavy (non-hydrogen) atoms. The molecule has 0 saturated heterocycles. The largest absolute Gasteiger partial charge is 0.491 e. The van der Waals surface area contributed by atoms with Gasteiger partial charge >= 0.3 is 6.03 Å². The van der Waals surface area contributed by atoms with Gasteiger partial charge in [-0.15, -0.1) is 11.3 Å². The van der Waals surface area contributed by atoms with Crippen LogP contribution in [0.25, 0.3) is 0 Å². The summed E-state index contributed by atoms with van der Waals surface area (Å²) in [5.74, 6) is 1.10. The van der Waals surface area contributed by atoms with Crippen molar-refractivity contribution in [3.05, 3.63) is 51.7 Å². The van der Waals surface area contributed by atoms with Crippen molar-refractivity contribution in [1.29, 1.82) is 0 Å². The third-order valence-electron chi connectivity index (χ3n) is 6.21. The summed E-state index contributed by atoms with van der Waals surface area (Å²) >= 11 is 1.74. The van der Waals surface area contributed by atoms with Crippen LogP contribution in [0, 0.1) is 12.8 Å². The number of carbonyl (C=O) groups excluding carboxylic acids is 2. The van der Waals surface area contributed by atoms with Gasteiger partial charge < -0.3 is 19.9 Å². The van der Waals surface area contributed by atoms with E-state index in [1.54, 1.807) is 16.2 Å². The van der Waals surface area contributed by atoms with E-state index < -0.39 is 0 Å². The summed E-state index contributed by atoms with van der Waals surface area (Å²) in [5, 5.41) is 5.03.